The van der Waals surface area contributed by atoms with E-state index in [9.17, 15) is 14.4 Å². The van der Waals surface area contributed by atoms with E-state index in [1.54, 1.807) is 11.9 Å². The van der Waals surface area contributed by atoms with Crippen LogP contribution in [-0.4, -0.2) is 40.9 Å². The Kier molecular flexibility index (Phi) is 6.59. The molecule has 0 aromatic heterocycles. The number of carboxylic acid groups (broad SMARTS) is 1. The highest BCUT2D eigenvalue weighted by molar-refractivity contribution is 6.07. The van der Waals surface area contributed by atoms with Crippen molar-refractivity contribution in [1.29, 1.82) is 0 Å². The van der Waals surface area contributed by atoms with E-state index in [1.165, 1.54) is 0 Å². The minimum atomic E-state index is -0.977. The van der Waals surface area contributed by atoms with Crippen LogP contribution < -0.4 is 4.90 Å². The van der Waals surface area contributed by atoms with E-state index in [-0.39, 0.29) is 42.7 Å². The van der Waals surface area contributed by atoms with Gasteiger partial charge in [-0.2, -0.15) is 0 Å². The number of nitrogens with zero attached hydrogens (tertiary/aromatic N) is 2. The molecule has 1 saturated carbocycles. The highest BCUT2D eigenvalue weighted by Gasteiger charge is 2.48. The summed E-state index contributed by atoms with van der Waals surface area (Å²) in [5.74, 6) is -1.09. The Labute approximate surface area is 211 Å². The van der Waals surface area contributed by atoms with Crippen molar-refractivity contribution in [2.24, 2.45) is 5.92 Å². The minimum Gasteiger partial charge on any atom is -0.481 e. The Morgan fingerprint density at radius 1 is 0.861 bits per heavy atom. The average molecular weight is 483 g/mol. The van der Waals surface area contributed by atoms with Gasteiger partial charge in [0, 0.05) is 36.7 Å². The summed E-state index contributed by atoms with van der Waals surface area (Å²) in [6.45, 7) is 0. The Hall–Kier alpha value is -3.93. The van der Waals surface area contributed by atoms with Gasteiger partial charge < -0.3 is 14.9 Å². The summed E-state index contributed by atoms with van der Waals surface area (Å²) in [6.07, 6.45) is 2.55. The third-order valence-electron chi connectivity index (χ3n) is 7.60. The highest BCUT2D eigenvalue weighted by Crippen LogP contribution is 2.50. The van der Waals surface area contributed by atoms with E-state index >= 15 is 0 Å². The number of carboxylic acids is 1. The number of carbonyl (C=O) groups excluding carboxylic acids is 2. The summed E-state index contributed by atoms with van der Waals surface area (Å²) < 4.78 is 0. The van der Waals surface area contributed by atoms with Crippen LogP contribution in [0.5, 0.6) is 0 Å². The predicted molar refractivity (Wildman–Crippen MR) is 139 cm³/mol. The lowest BCUT2D eigenvalue weighted by Gasteiger charge is -2.46. The maximum absolute atomic E-state index is 13.9. The number of anilines is 1. The zero-order chi connectivity index (χ0) is 25.2. The van der Waals surface area contributed by atoms with Gasteiger partial charge in [-0.15, -0.1) is 0 Å². The monoisotopic (exact) mass is 482 g/mol. The molecule has 1 fully saturated rings. The van der Waals surface area contributed by atoms with Crippen LogP contribution in [0.15, 0.2) is 78.9 Å². The van der Waals surface area contributed by atoms with Gasteiger partial charge in [0.1, 0.15) is 0 Å². The van der Waals surface area contributed by atoms with Gasteiger partial charge in [0.2, 0.25) is 5.91 Å². The minimum absolute atomic E-state index is 0.0130. The molecule has 1 N–H and O–H groups in total. The molecule has 1 aliphatic heterocycles. The van der Waals surface area contributed by atoms with Crippen LogP contribution in [-0.2, 0) is 9.59 Å². The second-order valence-electron chi connectivity index (χ2n) is 9.68. The second kappa shape index (κ2) is 9.97. The summed E-state index contributed by atoms with van der Waals surface area (Å²) >= 11 is 0. The number of carbonyl (C=O) groups is 3. The fourth-order valence-electron chi connectivity index (χ4n) is 5.90. The molecule has 184 valence electrons. The Bertz CT molecular complexity index is 1270. The van der Waals surface area contributed by atoms with Gasteiger partial charge in [-0.1, -0.05) is 67.1 Å². The van der Waals surface area contributed by atoms with Crippen molar-refractivity contribution in [3.8, 4) is 11.1 Å². The number of hydrogen-bond donors (Lipinski definition) is 1. The van der Waals surface area contributed by atoms with E-state index < -0.39 is 5.97 Å². The molecule has 0 saturated heterocycles. The van der Waals surface area contributed by atoms with Crippen LogP contribution >= 0.6 is 0 Å². The van der Waals surface area contributed by atoms with Crippen LogP contribution in [0.3, 0.4) is 0 Å². The Morgan fingerprint density at radius 2 is 1.53 bits per heavy atom. The largest absolute Gasteiger partial charge is 0.481 e. The lowest BCUT2D eigenvalue weighted by Crippen LogP contribution is -2.51. The number of aliphatic carboxylic acids is 1. The second-order valence-corrected chi connectivity index (χ2v) is 9.68. The number of benzene rings is 3. The molecular formula is C30H30N2O4. The third kappa shape index (κ3) is 4.39. The summed E-state index contributed by atoms with van der Waals surface area (Å²) in [5, 5.41) is 9.03. The zero-order valence-electron chi connectivity index (χ0n) is 20.3. The van der Waals surface area contributed by atoms with Crippen molar-refractivity contribution in [3.63, 3.8) is 0 Å². The van der Waals surface area contributed by atoms with Crippen LogP contribution in [0.25, 0.3) is 11.1 Å². The van der Waals surface area contributed by atoms with Crippen molar-refractivity contribution < 1.29 is 19.5 Å². The maximum Gasteiger partial charge on any atom is 0.303 e. The summed E-state index contributed by atoms with van der Waals surface area (Å²) in [5.41, 5.74) is 4.59. The van der Waals surface area contributed by atoms with E-state index in [2.05, 4.69) is 12.1 Å². The van der Waals surface area contributed by atoms with Crippen molar-refractivity contribution in [2.45, 2.75) is 44.2 Å². The van der Waals surface area contributed by atoms with Gasteiger partial charge in [-0.3, -0.25) is 14.4 Å². The van der Waals surface area contributed by atoms with E-state index in [0.717, 1.165) is 41.6 Å². The lowest BCUT2D eigenvalue weighted by atomic mass is 9.81. The molecule has 0 radical (unpaired) electrons. The molecule has 3 atom stereocenters. The summed E-state index contributed by atoms with van der Waals surface area (Å²) in [6, 6.07) is 25.5. The maximum atomic E-state index is 13.9. The zero-order valence-corrected chi connectivity index (χ0v) is 20.3. The molecule has 6 heteroatoms. The van der Waals surface area contributed by atoms with Crippen molar-refractivity contribution in [3.05, 3.63) is 90.0 Å². The molecule has 36 heavy (non-hydrogen) atoms. The first kappa shape index (κ1) is 23.8. The van der Waals surface area contributed by atoms with Gasteiger partial charge in [0.05, 0.1) is 12.5 Å². The van der Waals surface area contributed by atoms with E-state index in [0.29, 0.717) is 5.56 Å². The van der Waals surface area contributed by atoms with Gasteiger partial charge in [0.25, 0.3) is 5.91 Å². The van der Waals surface area contributed by atoms with E-state index in [1.807, 2.05) is 71.6 Å². The first-order valence-electron chi connectivity index (χ1n) is 12.5. The summed E-state index contributed by atoms with van der Waals surface area (Å²) in [7, 11) is 1.76. The molecule has 3 aromatic rings. The van der Waals surface area contributed by atoms with Crippen molar-refractivity contribution >= 4 is 23.5 Å². The number of para-hydroxylation sites is 1. The lowest BCUT2D eigenvalue weighted by molar-refractivity contribution is -0.141. The molecule has 0 spiro atoms. The first-order valence-corrected chi connectivity index (χ1v) is 12.5. The molecule has 3 unspecified atom stereocenters. The van der Waals surface area contributed by atoms with Gasteiger partial charge in [-0.05, 0) is 47.7 Å². The number of amides is 2. The fraction of sp³-hybridized carbons (Fsp3) is 0.300. The molecule has 1 aliphatic carbocycles. The SMILES string of the molecule is CN(C(=O)CCC(=O)O)C1c2ccccc2N(C(=O)c2ccc(-c3ccccc3)cc2)C2CCCC12. The molecule has 2 aliphatic rings. The smallest absolute Gasteiger partial charge is 0.303 e. The first-order chi connectivity index (χ1) is 17.5. The standard InChI is InChI=1S/C30H30N2O4/c1-31(27(33)18-19-28(34)35)29-23-10-5-6-12-25(23)32(26-13-7-11-24(26)29)30(36)22-16-14-21(15-17-22)20-8-3-2-4-9-20/h2-6,8-10,12,14-17,24,26,29H,7,11,13,18-19H2,1H3,(H,34,35). The number of hydrogen-bond acceptors (Lipinski definition) is 3. The normalized spacial score (nSPS) is 20.4. The number of fused-ring (bicyclic) bond motifs is 2. The third-order valence-corrected chi connectivity index (χ3v) is 7.60. The molecule has 5 rings (SSSR count). The molecule has 6 nitrogen and oxygen atoms in total. The molecular weight excluding hydrogens is 452 g/mol. The fourth-order valence-corrected chi connectivity index (χ4v) is 5.90. The predicted octanol–water partition coefficient (Wildman–Crippen LogP) is 5.55. The van der Waals surface area contributed by atoms with Crippen LogP contribution in [0.1, 0.15) is 54.1 Å². The Morgan fingerprint density at radius 3 is 2.25 bits per heavy atom. The van der Waals surface area contributed by atoms with Gasteiger partial charge in [-0.25, -0.2) is 0 Å². The van der Waals surface area contributed by atoms with Crippen LogP contribution in [0, 0.1) is 5.92 Å². The van der Waals surface area contributed by atoms with Gasteiger partial charge >= 0.3 is 5.97 Å². The van der Waals surface area contributed by atoms with Crippen molar-refractivity contribution in [1.82, 2.24) is 4.90 Å². The number of rotatable bonds is 6. The quantitative estimate of drug-likeness (QED) is 0.500. The highest BCUT2D eigenvalue weighted by atomic mass is 16.4. The average Bonchev–Trinajstić information content (AvgIpc) is 3.39. The van der Waals surface area contributed by atoms with Crippen LogP contribution in [0.2, 0.25) is 0 Å². The van der Waals surface area contributed by atoms with Crippen molar-refractivity contribution in [2.75, 3.05) is 11.9 Å². The molecule has 2 amide bonds. The summed E-state index contributed by atoms with van der Waals surface area (Å²) in [4.78, 5) is 41.5. The molecule has 0 bridgehead atoms. The Balaban J connectivity index is 1.47. The van der Waals surface area contributed by atoms with Gasteiger partial charge in [0.15, 0.2) is 0 Å². The topological polar surface area (TPSA) is 77.9 Å². The molecule has 1 heterocycles. The molecule has 3 aromatic carbocycles. The van der Waals surface area contributed by atoms with E-state index in [4.69, 9.17) is 5.11 Å². The van der Waals surface area contributed by atoms with Crippen LogP contribution in [0.4, 0.5) is 5.69 Å².